The molecule has 0 aliphatic heterocycles. The Morgan fingerprint density at radius 2 is 2.20 bits per heavy atom. The van der Waals surface area contributed by atoms with Gasteiger partial charge in [0.25, 0.3) is 0 Å². The summed E-state index contributed by atoms with van der Waals surface area (Å²) in [7, 11) is 0. The van der Waals surface area contributed by atoms with Crippen LogP contribution in [0.5, 0.6) is 5.75 Å². The predicted octanol–water partition coefficient (Wildman–Crippen LogP) is 4.89. The SMILES string of the molecule is CC(=O)Oc1cc(C)ccc1C1(C)CCC(C)C1=CBr. The summed E-state index contributed by atoms with van der Waals surface area (Å²) in [4.78, 5) is 13.4. The summed E-state index contributed by atoms with van der Waals surface area (Å²) in [5.41, 5.74) is 3.51. The fourth-order valence-corrected chi connectivity index (χ4v) is 4.15. The van der Waals surface area contributed by atoms with Crippen molar-refractivity contribution in [1.82, 2.24) is 0 Å². The molecule has 20 heavy (non-hydrogen) atoms. The van der Waals surface area contributed by atoms with E-state index in [1.54, 1.807) is 0 Å². The van der Waals surface area contributed by atoms with Crippen molar-refractivity contribution in [3.8, 4) is 5.75 Å². The first kappa shape index (κ1) is 15.3. The Morgan fingerprint density at radius 3 is 2.80 bits per heavy atom. The molecule has 0 aromatic heterocycles. The molecule has 1 aromatic carbocycles. The molecule has 3 heteroatoms. The van der Waals surface area contributed by atoms with Crippen LogP contribution in [0.3, 0.4) is 0 Å². The summed E-state index contributed by atoms with van der Waals surface area (Å²) in [6.07, 6.45) is 2.23. The minimum atomic E-state index is -0.268. The van der Waals surface area contributed by atoms with Gasteiger partial charge in [-0.3, -0.25) is 4.79 Å². The van der Waals surface area contributed by atoms with Crippen molar-refractivity contribution in [3.63, 3.8) is 0 Å². The Balaban J connectivity index is 2.54. The largest absolute Gasteiger partial charge is 0.426 e. The highest BCUT2D eigenvalue weighted by Crippen LogP contribution is 2.51. The van der Waals surface area contributed by atoms with E-state index in [1.807, 2.05) is 18.0 Å². The van der Waals surface area contributed by atoms with Crippen LogP contribution in [0.25, 0.3) is 0 Å². The zero-order chi connectivity index (χ0) is 14.9. The normalized spacial score (nSPS) is 27.9. The van der Waals surface area contributed by atoms with Gasteiger partial charge in [0, 0.05) is 17.9 Å². The second-order valence-corrected chi connectivity index (χ2v) is 6.39. The highest BCUT2D eigenvalue weighted by atomic mass is 79.9. The van der Waals surface area contributed by atoms with E-state index in [2.05, 4.69) is 41.9 Å². The van der Waals surface area contributed by atoms with E-state index in [1.165, 1.54) is 12.5 Å². The van der Waals surface area contributed by atoms with Gasteiger partial charge in [-0.05, 0) is 42.3 Å². The molecule has 2 nitrogen and oxygen atoms in total. The Labute approximate surface area is 129 Å². The molecule has 0 spiro atoms. The first-order valence-corrected chi connectivity index (χ1v) is 7.90. The van der Waals surface area contributed by atoms with Crippen LogP contribution in [-0.4, -0.2) is 5.97 Å². The molecule has 2 rings (SSSR count). The fourth-order valence-electron chi connectivity index (χ4n) is 3.19. The standard InChI is InChI=1S/C17H21BrO2/c1-11-5-6-14(16(9-11)20-13(3)19)17(4)8-7-12(2)15(17)10-18/h5-6,9-10,12H,7-8H2,1-4H3. The molecule has 1 aliphatic rings. The van der Waals surface area contributed by atoms with Crippen LogP contribution >= 0.6 is 15.9 Å². The molecule has 1 fully saturated rings. The summed E-state index contributed by atoms with van der Waals surface area (Å²) < 4.78 is 5.45. The first-order valence-electron chi connectivity index (χ1n) is 6.99. The number of ether oxygens (including phenoxy) is 1. The maximum absolute atomic E-state index is 11.4. The minimum Gasteiger partial charge on any atom is -0.426 e. The zero-order valence-corrected chi connectivity index (χ0v) is 14.1. The molecule has 2 atom stereocenters. The zero-order valence-electron chi connectivity index (χ0n) is 12.5. The van der Waals surface area contributed by atoms with Crippen molar-refractivity contribution < 1.29 is 9.53 Å². The van der Waals surface area contributed by atoms with Gasteiger partial charge in [0.15, 0.2) is 0 Å². The summed E-state index contributed by atoms with van der Waals surface area (Å²) >= 11 is 3.51. The Morgan fingerprint density at radius 1 is 1.50 bits per heavy atom. The number of carbonyl (C=O) groups excluding carboxylic acids is 1. The molecule has 0 N–H and O–H groups in total. The van der Waals surface area contributed by atoms with Gasteiger partial charge in [0.05, 0.1) is 0 Å². The van der Waals surface area contributed by atoms with Gasteiger partial charge in [-0.25, -0.2) is 0 Å². The lowest BCUT2D eigenvalue weighted by Gasteiger charge is -2.29. The third-order valence-corrected chi connectivity index (χ3v) is 4.84. The molecule has 108 valence electrons. The number of aryl methyl sites for hydroxylation is 1. The van der Waals surface area contributed by atoms with E-state index in [9.17, 15) is 4.79 Å². The Hall–Kier alpha value is -1.09. The topological polar surface area (TPSA) is 26.3 Å². The molecule has 1 aromatic rings. The third-order valence-electron chi connectivity index (χ3n) is 4.35. The number of carbonyl (C=O) groups is 1. The van der Waals surface area contributed by atoms with Gasteiger partial charge in [-0.1, -0.05) is 47.5 Å². The van der Waals surface area contributed by atoms with Gasteiger partial charge in [-0.15, -0.1) is 0 Å². The van der Waals surface area contributed by atoms with Crippen LogP contribution in [0, 0.1) is 12.8 Å². The van der Waals surface area contributed by atoms with Crippen LogP contribution < -0.4 is 4.74 Å². The number of rotatable bonds is 2. The monoisotopic (exact) mass is 336 g/mol. The quantitative estimate of drug-likeness (QED) is 0.567. The van der Waals surface area contributed by atoms with Crippen LogP contribution in [0.2, 0.25) is 0 Å². The lowest BCUT2D eigenvalue weighted by atomic mass is 9.76. The molecular formula is C17H21BrO2. The maximum Gasteiger partial charge on any atom is 0.308 e. The molecule has 2 unspecified atom stereocenters. The van der Waals surface area contributed by atoms with E-state index >= 15 is 0 Å². The van der Waals surface area contributed by atoms with Crippen molar-refractivity contribution in [2.75, 3.05) is 0 Å². The summed E-state index contributed by atoms with van der Waals surface area (Å²) in [6, 6.07) is 6.14. The number of hydrogen-bond acceptors (Lipinski definition) is 2. The molecule has 0 saturated heterocycles. The van der Waals surface area contributed by atoms with E-state index in [0.717, 1.165) is 24.0 Å². The molecule has 1 saturated carbocycles. The number of esters is 1. The van der Waals surface area contributed by atoms with Crippen LogP contribution in [-0.2, 0) is 10.2 Å². The van der Waals surface area contributed by atoms with Gasteiger partial charge in [-0.2, -0.15) is 0 Å². The molecule has 0 amide bonds. The number of hydrogen-bond donors (Lipinski definition) is 0. The molecule has 0 radical (unpaired) electrons. The molecular weight excluding hydrogens is 316 g/mol. The summed E-state index contributed by atoms with van der Waals surface area (Å²) in [6.45, 7) is 7.95. The van der Waals surface area contributed by atoms with E-state index in [0.29, 0.717) is 11.7 Å². The smallest absolute Gasteiger partial charge is 0.308 e. The number of halogens is 1. The Bertz CT molecular complexity index is 562. The van der Waals surface area contributed by atoms with Gasteiger partial charge in [0.2, 0.25) is 0 Å². The number of allylic oxidation sites excluding steroid dienone is 1. The van der Waals surface area contributed by atoms with Crippen LogP contribution in [0.15, 0.2) is 28.8 Å². The Kier molecular flexibility index (Phi) is 4.38. The van der Waals surface area contributed by atoms with Gasteiger partial charge in [0.1, 0.15) is 5.75 Å². The second kappa shape index (κ2) is 5.72. The van der Waals surface area contributed by atoms with Crippen molar-refractivity contribution >= 4 is 21.9 Å². The minimum absolute atomic E-state index is 0.0681. The van der Waals surface area contributed by atoms with Crippen LogP contribution in [0.4, 0.5) is 0 Å². The van der Waals surface area contributed by atoms with Gasteiger partial charge >= 0.3 is 5.97 Å². The van der Waals surface area contributed by atoms with E-state index in [-0.39, 0.29) is 11.4 Å². The highest BCUT2D eigenvalue weighted by Gasteiger charge is 2.41. The summed E-state index contributed by atoms with van der Waals surface area (Å²) in [5.74, 6) is 0.975. The fraction of sp³-hybridized carbons (Fsp3) is 0.471. The molecule has 1 aliphatic carbocycles. The first-order chi connectivity index (χ1) is 9.38. The molecule has 0 bridgehead atoms. The highest BCUT2D eigenvalue weighted by molar-refractivity contribution is 9.11. The van der Waals surface area contributed by atoms with Crippen molar-refractivity contribution in [3.05, 3.63) is 39.9 Å². The third kappa shape index (κ3) is 2.69. The van der Waals surface area contributed by atoms with Crippen LogP contribution in [0.1, 0.15) is 44.7 Å². The van der Waals surface area contributed by atoms with E-state index < -0.39 is 0 Å². The van der Waals surface area contributed by atoms with E-state index in [4.69, 9.17) is 4.74 Å². The second-order valence-electron chi connectivity index (χ2n) is 5.93. The average Bonchev–Trinajstić information content (AvgIpc) is 2.64. The lowest BCUT2D eigenvalue weighted by molar-refractivity contribution is -0.131. The summed E-state index contributed by atoms with van der Waals surface area (Å²) in [5, 5.41) is 0. The maximum atomic E-state index is 11.4. The predicted molar refractivity (Wildman–Crippen MR) is 85.2 cm³/mol. The van der Waals surface area contributed by atoms with Gasteiger partial charge < -0.3 is 4.74 Å². The lowest BCUT2D eigenvalue weighted by Crippen LogP contribution is -2.22. The molecule has 0 heterocycles. The van der Waals surface area contributed by atoms with Crippen molar-refractivity contribution in [2.24, 2.45) is 5.92 Å². The van der Waals surface area contributed by atoms with Crippen molar-refractivity contribution in [1.29, 1.82) is 0 Å². The average molecular weight is 337 g/mol. The van der Waals surface area contributed by atoms with Crippen molar-refractivity contribution in [2.45, 2.75) is 46.0 Å². The number of benzene rings is 1.